The summed E-state index contributed by atoms with van der Waals surface area (Å²) in [6.07, 6.45) is 0. The van der Waals surface area contributed by atoms with E-state index >= 15 is 0 Å². The molecule has 0 amide bonds. The standard InChI is InChI=1S/C11H11NOS/c1-11(2,8-12)13-10(14)9-6-4-3-5-7-9/h3-7H,1-2H3. The van der Waals surface area contributed by atoms with E-state index < -0.39 is 5.60 Å². The monoisotopic (exact) mass is 205 g/mol. The number of hydrogen-bond acceptors (Lipinski definition) is 3. The molecule has 0 aromatic heterocycles. The van der Waals surface area contributed by atoms with E-state index in [0.29, 0.717) is 5.05 Å². The first-order chi connectivity index (χ1) is 6.55. The van der Waals surface area contributed by atoms with E-state index in [0.717, 1.165) is 5.56 Å². The molecule has 1 aromatic rings. The zero-order chi connectivity index (χ0) is 10.6. The van der Waals surface area contributed by atoms with Crippen molar-refractivity contribution in [3.8, 4) is 6.07 Å². The maximum Gasteiger partial charge on any atom is 0.193 e. The number of ether oxygens (including phenoxy) is 1. The lowest BCUT2D eigenvalue weighted by Crippen LogP contribution is -2.25. The van der Waals surface area contributed by atoms with Gasteiger partial charge in [0.15, 0.2) is 10.7 Å². The maximum absolute atomic E-state index is 8.76. The molecular formula is C11H11NOS. The molecule has 0 spiro atoms. The fraction of sp³-hybridized carbons (Fsp3) is 0.273. The molecule has 0 aliphatic rings. The predicted octanol–water partition coefficient (Wildman–Crippen LogP) is 2.68. The largest absolute Gasteiger partial charge is 0.462 e. The van der Waals surface area contributed by atoms with Crippen LogP contribution in [0.15, 0.2) is 30.3 Å². The molecule has 0 atom stereocenters. The van der Waals surface area contributed by atoms with Crippen LogP contribution in [0.2, 0.25) is 0 Å². The lowest BCUT2D eigenvalue weighted by Gasteiger charge is -2.18. The number of rotatable bonds is 2. The fourth-order valence-corrected chi connectivity index (χ4v) is 1.23. The molecule has 0 bridgehead atoms. The Balaban J connectivity index is 2.75. The van der Waals surface area contributed by atoms with Crippen molar-refractivity contribution in [1.82, 2.24) is 0 Å². The first-order valence-corrected chi connectivity index (χ1v) is 4.65. The average Bonchev–Trinajstić information content (AvgIpc) is 2.19. The first-order valence-electron chi connectivity index (χ1n) is 4.25. The third-order valence-electron chi connectivity index (χ3n) is 1.63. The van der Waals surface area contributed by atoms with Gasteiger partial charge in [-0.05, 0) is 26.1 Å². The Morgan fingerprint density at radius 2 is 1.93 bits per heavy atom. The number of thiocarbonyl (C=S) groups is 1. The van der Waals surface area contributed by atoms with Crippen LogP contribution in [0.5, 0.6) is 0 Å². The van der Waals surface area contributed by atoms with Crippen LogP contribution in [-0.4, -0.2) is 10.7 Å². The minimum atomic E-state index is -0.868. The summed E-state index contributed by atoms with van der Waals surface area (Å²) in [4.78, 5) is 0. The van der Waals surface area contributed by atoms with Crippen LogP contribution in [0.25, 0.3) is 0 Å². The van der Waals surface area contributed by atoms with E-state index in [1.807, 2.05) is 36.4 Å². The van der Waals surface area contributed by atoms with E-state index in [9.17, 15) is 0 Å². The molecule has 1 rings (SSSR count). The Labute approximate surface area is 89.1 Å². The van der Waals surface area contributed by atoms with Gasteiger partial charge in [-0.2, -0.15) is 5.26 Å². The maximum atomic E-state index is 8.76. The van der Waals surface area contributed by atoms with Gasteiger partial charge in [0.2, 0.25) is 0 Å². The number of nitriles is 1. The molecule has 0 saturated heterocycles. The number of nitrogens with zero attached hydrogens (tertiary/aromatic N) is 1. The van der Waals surface area contributed by atoms with E-state index in [1.165, 1.54) is 0 Å². The van der Waals surface area contributed by atoms with Gasteiger partial charge in [-0.15, -0.1) is 0 Å². The van der Waals surface area contributed by atoms with Gasteiger partial charge in [0.05, 0.1) is 0 Å². The van der Waals surface area contributed by atoms with Gasteiger partial charge in [-0.25, -0.2) is 0 Å². The molecule has 0 saturated carbocycles. The molecule has 0 unspecified atom stereocenters. The van der Waals surface area contributed by atoms with Crippen LogP contribution in [-0.2, 0) is 4.74 Å². The second-order valence-corrected chi connectivity index (χ2v) is 3.75. The Morgan fingerprint density at radius 1 is 1.36 bits per heavy atom. The van der Waals surface area contributed by atoms with Crippen LogP contribution >= 0.6 is 12.2 Å². The van der Waals surface area contributed by atoms with Gasteiger partial charge in [0.25, 0.3) is 0 Å². The summed E-state index contributed by atoms with van der Waals surface area (Å²) >= 11 is 5.06. The van der Waals surface area contributed by atoms with E-state index in [4.69, 9.17) is 22.2 Å². The highest BCUT2D eigenvalue weighted by Crippen LogP contribution is 2.12. The molecule has 0 heterocycles. The topological polar surface area (TPSA) is 33.0 Å². The molecular weight excluding hydrogens is 194 g/mol. The lowest BCUT2D eigenvalue weighted by molar-refractivity contribution is 0.162. The second kappa shape index (κ2) is 4.21. The smallest absolute Gasteiger partial charge is 0.193 e. The average molecular weight is 205 g/mol. The van der Waals surface area contributed by atoms with Crippen molar-refractivity contribution in [2.24, 2.45) is 0 Å². The Bertz CT molecular complexity index is 365. The molecule has 0 radical (unpaired) electrons. The van der Waals surface area contributed by atoms with Crippen molar-refractivity contribution >= 4 is 17.3 Å². The molecule has 3 heteroatoms. The minimum Gasteiger partial charge on any atom is -0.462 e. The highest BCUT2D eigenvalue weighted by molar-refractivity contribution is 7.80. The molecule has 1 aromatic carbocycles. The highest BCUT2D eigenvalue weighted by Gasteiger charge is 2.20. The summed E-state index contributed by atoms with van der Waals surface area (Å²) in [7, 11) is 0. The third-order valence-corrected chi connectivity index (χ3v) is 1.95. The molecule has 72 valence electrons. The fourth-order valence-electron chi connectivity index (χ4n) is 0.888. The van der Waals surface area contributed by atoms with Gasteiger partial charge in [-0.1, -0.05) is 30.3 Å². The van der Waals surface area contributed by atoms with E-state index in [-0.39, 0.29) is 0 Å². The number of benzene rings is 1. The quantitative estimate of drug-likeness (QED) is 0.696. The van der Waals surface area contributed by atoms with Crippen LogP contribution in [0.4, 0.5) is 0 Å². The Morgan fingerprint density at radius 3 is 2.43 bits per heavy atom. The van der Waals surface area contributed by atoms with Crippen LogP contribution in [0.1, 0.15) is 19.4 Å². The summed E-state index contributed by atoms with van der Waals surface area (Å²) in [5.41, 5.74) is -0.0433. The van der Waals surface area contributed by atoms with Gasteiger partial charge in [0, 0.05) is 5.56 Å². The first kappa shape index (κ1) is 10.7. The zero-order valence-electron chi connectivity index (χ0n) is 8.15. The zero-order valence-corrected chi connectivity index (χ0v) is 8.97. The van der Waals surface area contributed by atoms with Crippen molar-refractivity contribution < 1.29 is 4.74 Å². The summed E-state index contributed by atoms with van der Waals surface area (Å²) in [6.45, 7) is 3.37. The van der Waals surface area contributed by atoms with Crippen LogP contribution in [0, 0.1) is 11.3 Å². The summed E-state index contributed by atoms with van der Waals surface area (Å²) in [5, 5.41) is 9.11. The molecule has 2 nitrogen and oxygen atoms in total. The van der Waals surface area contributed by atoms with Crippen molar-refractivity contribution in [1.29, 1.82) is 5.26 Å². The molecule has 0 aliphatic carbocycles. The minimum absolute atomic E-state index is 0.358. The number of hydrogen-bond donors (Lipinski definition) is 0. The van der Waals surface area contributed by atoms with Gasteiger partial charge in [0.1, 0.15) is 6.07 Å². The Kier molecular flexibility index (Phi) is 3.21. The van der Waals surface area contributed by atoms with Gasteiger partial charge in [-0.3, -0.25) is 0 Å². The van der Waals surface area contributed by atoms with Crippen LogP contribution < -0.4 is 0 Å². The molecule has 14 heavy (non-hydrogen) atoms. The molecule has 0 aliphatic heterocycles. The third kappa shape index (κ3) is 2.82. The predicted molar refractivity (Wildman–Crippen MR) is 58.9 cm³/mol. The normalized spacial score (nSPS) is 10.4. The van der Waals surface area contributed by atoms with E-state index in [1.54, 1.807) is 13.8 Å². The van der Waals surface area contributed by atoms with Gasteiger partial charge >= 0.3 is 0 Å². The Hall–Kier alpha value is -1.40. The molecule has 0 fully saturated rings. The second-order valence-electron chi connectivity index (χ2n) is 3.38. The van der Waals surface area contributed by atoms with Crippen molar-refractivity contribution in [3.05, 3.63) is 35.9 Å². The van der Waals surface area contributed by atoms with Crippen molar-refractivity contribution in [3.63, 3.8) is 0 Å². The lowest BCUT2D eigenvalue weighted by atomic mass is 10.1. The summed E-state index contributed by atoms with van der Waals surface area (Å²) < 4.78 is 5.34. The molecule has 0 N–H and O–H groups in total. The summed E-state index contributed by atoms with van der Waals surface area (Å²) in [6, 6.07) is 11.4. The highest BCUT2D eigenvalue weighted by atomic mass is 32.1. The van der Waals surface area contributed by atoms with E-state index in [2.05, 4.69) is 0 Å². The van der Waals surface area contributed by atoms with Crippen molar-refractivity contribution in [2.45, 2.75) is 19.4 Å². The van der Waals surface area contributed by atoms with Gasteiger partial charge < -0.3 is 4.74 Å². The van der Waals surface area contributed by atoms with Crippen LogP contribution in [0.3, 0.4) is 0 Å². The van der Waals surface area contributed by atoms with Crippen molar-refractivity contribution in [2.75, 3.05) is 0 Å². The summed E-state index contributed by atoms with van der Waals surface area (Å²) in [5.74, 6) is 0. The SMILES string of the molecule is CC(C)(C#N)OC(=S)c1ccccc1.